The average Bonchev–Trinajstić information content (AvgIpc) is 3.52. The lowest BCUT2D eigenvalue weighted by atomic mass is 9.99. The molecule has 0 saturated heterocycles. The molecular weight excluding hydrogens is 458 g/mol. The van der Waals surface area contributed by atoms with Crippen molar-refractivity contribution in [3.8, 4) is 16.8 Å². The van der Waals surface area contributed by atoms with Crippen LogP contribution in [-0.2, 0) is 0 Å². The molecule has 174 valence electrons. The summed E-state index contributed by atoms with van der Waals surface area (Å²) in [6.45, 7) is 0. The molecule has 8 rings (SSSR count). The summed E-state index contributed by atoms with van der Waals surface area (Å²) >= 11 is 0. The third-order valence-electron chi connectivity index (χ3n) is 7.14. The predicted molar refractivity (Wildman–Crippen MR) is 149 cm³/mol. The maximum Gasteiger partial charge on any atom is 0.267 e. The highest BCUT2D eigenvalue weighted by Gasteiger charge is 2.18. The summed E-state index contributed by atoms with van der Waals surface area (Å²) < 4.78 is 9.93. The smallest absolute Gasteiger partial charge is 0.267 e. The zero-order valence-corrected chi connectivity index (χ0v) is 19.6. The molecule has 0 aliphatic heterocycles. The topological polar surface area (TPSA) is 52.4 Å². The minimum Gasteiger partial charge on any atom is -0.456 e. The lowest BCUT2D eigenvalue weighted by Gasteiger charge is -2.11. The van der Waals surface area contributed by atoms with Crippen LogP contribution >= 0.6 is 0 Å². The molecule has 3 aromatic heterocycles. The number of hydrogen-bond acceptors (Lipinski definition) is 3. The number of para-hydroxylation sites is 3. The van der Waals surface area contributed by atoms with Crippen molar-refractivity contribution in [2.24, 2.45) is 0 Å². The number of imidazole rings is 1. The largest absolute Gasteiger partial charge is 0.456 e. The molecule has 3 heterocycles. The van der Waals surface area contributed by atoms with Crippen LogP contribution in [0.3, 0.4) is 0 Å². The molecule has 5 nitrogen and oxygen atoms in total. The third kappa shape index (κ3) is 2.79. The van der Waals surface area contributed by atoms with E-state index in [1.807, 2.05) is 91.0 Å². The van der Waals surface area contributed by atoms with Gasteiger partial charge in [-0.2, -0.15) is 0 Å². The SMILES string of the molecule is O=c1c2ccccc2n2c3cc(-c4cccc5oc6ccccc6c45)ccc3nc2n1-c1ccccc1. The van der Waals surface area contributed by atoms with Gasteiger partial charge in [-0.05, 0) is 59.7 Å². The highest BCUT2D eigenvalue weighted by atomic mass is 16.3. The zero-order chi connectivity index (χ0) is 24.5. The molecule has 0 radical (unpaired) electrons. The van der Waals surface area contributed by atoms with Crippen molar-refractivity contribution in [3.63, 3.8) is 0 Å². The Labute approximate surface area is 210 Å². The van der Waals surface area contributed by atoms with Crippen LogP contribution in [0.5, 0.6) is 0 Å². The van der Waals surface area contributed by atoms with Crippen LogP contribution in [0.4, 0.5) is 0 Å². The Balaban J connectivity index is 1.50. The van der Waals surface area contributed by atoms with E-state index in [4.69, 9.17) is 9.40 Å². The fourth-order valence-electron chi connectivity index (χ4n) is 5.50. The van der Waals surface area contributed by atoms with E-state index in [0.717, 1.165) is 55.3 Å². The second-order valence-electron chi connectivity index (χ2n) is 9.22. The van der Waals surface area contributed by atoms with Gasteiger partial charge in [0.25, 0.3) is 5.56 Å². The molecule has 0 N–H and O–H groups in total. The maximum atomic E-state index is 13.6. The summed E-state index contributed by atoms with van der Waals surface area (Å²) in [7, 11) is 0. The molecule has 5 aromatic carbocycles. The van der Waals surface area contributed by atoms with Gasteiger partial charge in [0.2, 0.25) is 5.78 Å². The minimum absolute atomic E-state index is 0.0838. The summed E-state index contributed by atoms with van der Waals surface area (Å²) in [4.78, 5) is 18.6. The first kappa shape index (κ1) is 20.1. The van der Waals surface area contributed by atoms with Crippen molar-refractivity contribution in [2.75, 3.05) is 0 Å². The fraction of sp³-hybridized carbons (Fsp3) is 0. The third-order valence-corrected chi connectivity index (χ3v) is 7.14. The van der Waals surface area contributed by atoms with Gasteiger partial charge in [-0.1, -0.05) is 66.7 Å². The van der Waals surface area contributed by atoms with Gasteiger partial charge in [-0.25, -0.2) is 9.55 Å². The van der Waals surface area contributed by atoms with E-state index in [1.165, 1.54) is 0 Å². The van der Waals surface area contributed by atoms with E-state index in [2.05, 4.69) is 28.7 Å². The normalized spacial score (nSPS) is 11.9. The molecular formula is C32H19N3O2. The van der Waals surface area contributed by atoms with E-state index >= 15 is 0 Å². The van der Waals surface area contributed by atoms with Gasteiger partial charge in [0.05, 0.1) is 27.6 Å². The zero-order valence-electron chi connectivity index (χ0n) is 19.6. The van der Waals surface area contributed by atoms with Crippen LogP contribution in [-0.4, -0.2) is 14.0 Å². The Kier molecular flexibility index (Phi) is 4.03. The maximum absolute atomic E-state index is 13.6. The van der Waals surface area contributed by atoms with Gasteiger partial charge in [0, 0.05) is 10.8 Å². The highest BCUT2D eigenvalue weighted by molar-refractivity contribution is 6.12. The van der Waals surface area contributed by atoms with Gasteiger partial charge in [0.1, 0.15) is 11.2 Å². The average molecular weight is 478 g/mol. The van der Waals surface area contributed by atoms with Crippen molar-refractivity contribution < 1.29 is 4.42 Å². The van der Waals surface area contributed by atoms with E-state index < -0.39 is 0 Å². The van der Waals surface area contributed by atoms with Crippen molar-refractivity contribution in [3.05, 3.63) is 126 Å². The number of furan rings is 1. The van der Waals surface area contributed by atoms with E-state index in [9.17, 15) is 4.79 Å². The Morgan fingerprint density at radius 1 is 0.649 bits per heavy atom. The summed E-state index contributed by atoms with van der Waals surface area (Å²) in [5, 5.41) is 2.83. The van der Waals surface area contributed by atoms with Gasteiger partial charge in [-0.15, -0.1) is 0 Å². The lowest BCUT2D eigenvalue weighted by molar-refractivity contribution is 0.669. The summed E-state index contributed by atoms with van der Waals surface area (Å²) in [6.07, 6.45) is 0. The lowest BCUT2D eigenvalue weighted by Crippen LogP contribution is -2.21. The van der Waals surface area contributed by atoms with Crippen LogP contribution in [0.1, 0.15) is 0 Å². The first-order valence-electron chi connectivity index (χ1n) is 12.2. The second-order valence-corrected chi connectivity index (χ2v) is 9.22. The monoisotopic (exact) mass is 477 g/mol. The summed E-state index contributed by atoms with van der Waals surface area (Å²) in [6, 6.07) is 38.0. The Morgan fingerprint density at radius 3 is 2.30 bits per heavy atom. The van der Waals surface area contributed by atoms with E-state index in [0.29, 0.717) is 11.2 Å². The highest BCUT2D eigenvalue weighted by Crippen LogP contribution is 2.37. The van der Waals surface area contributed by atoms with Crippen LogP contribution < -0.4 is 5.56 Å². The molecule has 0 fully saturated rings. The van der Waals surface area contributed by atoms with E-state index in [-0.39, 0.29) is 5.56 Å². The summed E-state index contributed by atoms with van der Waals surface area (Å²) in [5.41, 5.74) is 7.20. The van der Waals surface area contributed by atoms with Crippen LogP contribution in [0.2, 0.25) is 0 Å². The Bertz CT molecular complexity index is 2220. The summed E-state index contributed by atoms with van der Waals surface area (Å²) in [5.74, 6) is 0.592. The Morgan fingerprint density at radius 2 is 1.41 bits per heavy atom. The van der Waals surface area contributed by atoms with Gasteiger partial charge in [-0.3, -0.25) is 9.20 Å². The first-order chi connectivity index (χ1) is 18.3. The molecule has 0 spiro atoms. The molecule has 8 aromatic rings. The molecule has 0 aliphatic rings. The molecule has 0 aliphatic carbocycles. The van der Waals surface area contributed by atoms with Gasteiger partial charge >= 0.3 is 0 Å². The molecule has 0 atom stereocenters. The second kappa shape index (κ2) is 7.42. The quantitative estimate of drug-likeness (QED) is 0.261. The van der Waals surface area contributed by atoms with Crippen molar-refractivity contribution in [1.82, 2.24) is 14.0 Å². The number of aromatic nitrogens is 3. The molecule has 0 bridgehead atoms. The number of benzene rings is 5. The molecule has 5 heteroatoms. The Hall–Kier alpha value is -5.16. The number of fused-ring (bicyclic) bond motifs is 8. The predicted octanol–water partition coefficient (Wildman–Crippen LogP) is 7.36. The van der Waals surface area contributed by atoms with Crippen LogP contribution in [0.25, 0.3) is 66.5 Å². The molecule has 0 saturated carbocycles. The number of nitrogens with zero attached hydrogens (tertiary/aromatic N) is 3. The number of hydrogen-bond donors (Lipinski definition) is 0. The standard InChI is InChI=1S/C32H19N3O2/c36-31-23-11-4-6-14-26(23)35-27-19-20(17-18-25(27)33-32(35)34(31)21-9-2-1-3-10-21)22-13-8-16-29-30(22)24-12-5-7-15-28(24)37-29/h1-19H. The number of rotatable bonds is 2. The van der Waals surface area contributed by atoms with E-state index in [1.54, 1.807) is 4.57 Å². The van der Waals surface area contributed by atoms with Crippen molar-refractivity contribution in [1.29, 1.82) is 0 Å². The fourth-order valence-corrected chi connectivity index (χ4v) is 5.50. The van der Waals surface area contributed by atoms with Crippen molar-refractivity contribution in [2.45, 2.75) is 0 Å². The van der Waals surface area contributed by atoms with Crippen molar-refractivity contribution >= 4 is 49.7 Å². The van der Waals surface area contributed by atoms with Gasteiger partial charge < -0.3 is 4.42 Å². The molecule has 37 heavy (non-hydrogen) atoms. The van der Waals surface area contributed by atoms with Gasteiger partial charge in [0.15, 0.2) is 0 Å². The first-order valence-corrected chi connectivity index (χ1v) is 12.2. The van der Waals surface area contributed by atoms with Crippen LogP contribution in [0.15, 0.2) is 124 Å². The van der Waals surface area contributed by atoms with Crippen LogP contribution in [0, 0.1) is 0 Å². The molecule has 0 unspecified atom stereocenters. The molecule has 0 amide bonds. The minimum atomic E-state index is -0.0838.